The van der Waals surface area contributed by atoms with Crippen molar-refractivity contribution in [2.24, 2.45) is 0 Å². The molecule has 0 aliphatic rings. The number of benzene rings is 1. The van der Waals surface area contributed by atoms with Crippen LogP contribution in [-0.2, 0) is 4.79 Å². The number of aryl methyl sites for hydroxylation is 1. The molecule has 1 N–H and O–H groups in total. The minimum atomic E-state index is -1.09. The van der Waals surface area contributed by atoms with Crippen molar-refractivity contribution in [1.82, 2.24) is 4.90 Å². The van der Waals surface area contributed by atoms with Crippen LogP contribution in [0, 0.1) is 22.9 Å². The van der Waals surface area contributed by atoms with Gasteiger partial charge in [0.2, 0.25) is 0 Å². The summed E-state index contributed by atoms with van der Waals surface area (Å²) >= 11 is 0. The molecule has 0 atom stereocenters. The Morgan fingerprint density at radius 2 is 2.05 bits per heavy atom. The van der Waals surface area contributed by atoms with Gasteiger partial charge >= 0.3 is 5.97 Å². The monoisotopic (exact) mass is 298 g/mol. The summed E-state index contributed by atoms with van der Waals surface area (Å²) in [6.07, 6.45) is -0.283. The molecule has 21 heavy (non-hydrogen) atoms. The third-order valence-electron chi connectivity index (χ3n) is 2.95. The Morgan fingerprint density at radius 3 is 2.52 bits per heavy atom. The Labute approximate surface area is 120 Å². The highest BCUT2D eigenvalue weighted by Gasteiger charge is 2.23. The number of carbonyl (C=O) groups is 2. The molecule has 0 saturated carbocycles. The van der Waals surface area contributed by atoms with Gasteiger partial charge in [0.1, 0.15) is 5.82 Å². The maximum absolute atomic E-state index is 14.0. The molecule has 0 aliphatic carbocycles. The zero-order chi connectivity index (χ0) is 16.2. The van der Waals surface area contributed by atoms with Gasteiger partial charge in [-0.05, 0) is 19.4 Å². The van der Waals surface area contributed by atoms with E-state index in [0.717, 1.165) is 17.0 Å². The number of halogens is 1. The fourth-order valence-electron chi connectivity index (χ4n) is 1.82. The molecule has 1 aromatic rings. The Bertz CT molecular complexity index is 588. The molecule has 0 unspecified atom stereocenters. The number of carboxylic acid groups (broad SMARTS) is 1. The van der Waals surface area contributed by atoms with Crippen molar-refractivity contribution in [3.8, 4) is 0 Å². The van der Waals surface area contributed by atoms with Crippen LogP contribution in [0.2, 0.25) is 0 Å². The van der Waals surface area contributed by atoms with Gasteiger partial charge in [-0.3, -0.25) is 19.7 Å². The number of non-ortho nitro benzene ring substituents is 1. The normalized spacial score (nSPS) is 10.2. The first kappa shape index (κ1) is 16.5. The number of nitrogens with zero attached hydrogens (tertiary/aromatic N) is 2. The Balaban J connectivity index is 3.15. The maximum Gasteiger partial charge on any atom is 0.305 e. The molecule has 7 nitrogen and oxygen atoms in total. The standard InChI is InChI=1S/C13H15FN2O5/c1-3-15(5-4-11(17)18)13(19)10-7-9(16(20)21)6-8(2)12(10)14/h6-7H,3-5H2,1-2H3,(H,17,18). The summed E-state index contributed by atoms with van der Waals surface area (Å²) in [5.41, 5.74) is -0.817. The largest absolute Gasteiger partial charge is 0.481 e. The highest BCUT2D eigenvalue weighted by molar-refractivity contribution is 5.95. The summed E-state index contributed by atoms with van der Waals surface area (Å²) in [5.74, 6) is -2.68. The SMILES string of the molecule is CCN(CCC(=O)O)C(=O)c1cc([N+](=O)[O-])cc(C)c1F. The smallest absolute Gasteiger partial charge is 0.305 e. The van der Waals surface area contributed by atoms with Gasteiger partial charge in [0.05, 0.1) is 16.9 Å². The second kappa shape index (κ2) is 6.78. The van der Waals surface area contributed by atoms with E-state index >= 15 is 0 Å². The lowest BCUT2D eigenvalue weighted by atomic mass is 10.1. The van der Waals surface area contributed by atoms with E-state index in [0.29, 0.717) is 0 Å². The first-order valence-electron chi connectivity index (χ1n) is 6.23. The van der Waals surface area contributed by atoms with Gasteiger partial charge in [0.25, 0.3) is 11.6 Å². The van der Waals surface area contributed by atoms with Gasteiger partial charge in [-0.2, -0.15) is 0 Å². The lowest BCUT2D eigenvalue weighted by Gasteiger charge is -2.20. The van der Waals surface area contributed by atoms with E-state index in [1.165, 1.54) is 6.92 Å². The third kappa shape index (κ3) is 3.98. The number of nitro groups is 1. The summed E-state index contributed by atoms with van der Waals surface area (Å²) in [6.45, 7) is 3.02. The van der Waals surface area contributed by atoms with Crippen LogP contribution in [0.1, 0.15) is 29.3 Å². The van der Waals surface area contributed by atoms with Crippen LogP contribution in [0.4, 0.5) is 10.1 Å². The number of carbonyl (C=O) groups excluding carboxylic acids is 1. The summed E-state index contributed by atoms with van der Waals surface area (Å²) in [4.78, 5) is 33.9. The molecule has 0 radical (unpaired) electrons. The molecule has 0 fully saturated rings. The summed E-state index contributed by atoms with van der Waals surface area (Å²) in [6, 6.07) is 1.91. The summed E-state index contributed by atoms with van der Waals surface area (Å²) < 4.78 is 14.0. The predicted molar refractivity (Wildman–Crippen MR) is 71.6 cm³/mol. The molecule has 0 spiro atoms. The Morgan fingerprint density at radius 1 is 1.43 bits per heavy atom. The average molecular weight is 298 g/mol. The first-order valence-corrected chi connectivity index (χ1v) is 6.23. The lowest BCUT2D eigenvalue weighted by Crippen LogP contribution is -2.33. The van der Waals surface area contributed by atoms with Crippen molar-refractivity contribution in [3.05, 3.63) is 39.2 Å². The fourth-order valence-corrected chi connectivity index (χ4v) is 1.82. The van der Waals surface area contributed by atoms with Crippen molar-refractivity contribution in [2.45, 2.75) is 20.3 Å². The zero-order valence-corrected chi connectivity index (χ0v) is 11.6. The lowest BCUT2D eigenvalue weighted by molar-refractivity contribution is -0.385. The van der Waals surface area contributed by atoms with Gasteiger partial charge in [-0.25, -0.2) is 4.39 Å². The van der Waals surface area contributed by atoms with Crippen molar-refractivity contribution in [2.75, 3.05) is 13.1 Å². The van der Waals surface area contributed by atoms with E-state index in [9.17, 15) is 24.1 Å². The van der Waals surface area contributed by atoms with Crippen molar-refractivity contribution in [1.29, 1.82) is 0 Å². The highest BCUT2D eigenvalue weighted by atomic mass is 19.1. The van der Waals surface area contributed by atoms with Crippen molar-refractivity contribution >= 4 is 17.6 Å². The predicted octanol–water partition coefficient (Wildman–Crippen LogP) is 1.98. The molecule has 1 amide bonds. The van der Waals surface area contributed by atoms with Crippen molar-refractivity contribution < 1.29 is 24.0 Å². The molecule has 0 heterocycles. The number of hydrogen-bond donors (Lipinski definition) is 1. The summed E-state index contributed by atoms with van der Waals surface area (Å²) in [5, 5.41) is 19.4. The van der Waals surface area contributed by atoms with Gasteiger partial charge in [0.15, 0.2) is 0 Å². The van der Waals surface area contributed by atoms with E-state index in [1.807, 2.05) is 0 Å². The van der Waals surface area contributed by atoms with Crippen LogP contribution in [0.25, 0.3) is 0 Å². The summed E-state index contributed by atoms with van der Waals surface area (Å²) in [7, 11) is 0. The van der Waals surface area contributed by atoms with Crippen LogP contribution in [-0.4, -0.2) is 39.9 Å². The van der Waals surface area contributed by atoms with Gasteiger partial charge in [-0.1, -0.05) is 0 Å². The number of carboxylic acids is 1. The zero-order valence-electron chi connectivity index (χ0n) is 11.6. The first-order chi connectivity index (χ1) is 9.77. The molecule has 0 aromatic heterocycles. The van der Waals surface area contributed by atoms with Crippen LogP contribution in [0.3, 0.4) is 0 Å². The second-order valence-electron chi connectivity index (χ2n) is 4.41. The van der Waals surface area contributed by atoms with E-state index in [1.54, 1.807) is 6.92 Å². The molecule has 0 bridgehead atoms. The highest BCUT2D eigenvalue weighted by Crippen LogP contribution is 2.22. The quantitative estimate of drug-likeness (QED) is 0.639. The Hall–Kier alpha value is -2.51. The van der Waals surface area contributed by atoms with E-state index < -0.39 is 28.2 Å². The van der Waals surface area contributed by atoms with Crippen LogP contribution in [0.15, 0.2) is 12.1 Å². The fraction of sp³-hybridized carbons (Fsp3) is 0.385. The van der Waals surface area contributed by atoms with Crippen molar-refractivity contribution in [3.63, 3.8) is 0 Å². The minimum absolute atomic E-state index is 0.0122. The number of hydrogen-bond acceptors (Lipinski definition) is 4. The second-order valence-corrected chi connectivity index (χ2v) is 4.41. The van der Waals surface area contributed by atoms with E-state index in [2.05, 4.69) is 0 Å². The molecule has 1 aromatic carbocycles. The van der Waals surface area contributed by atoms with Crippen LogP contribution >= 0.6 is 0 Å². The molecule has 8 heteroatoms. The number of rotatable bonds is 6. The van der Waals surface area contributed by atoms with Gasteiger partial charge in [0, 0.05) is 25.2 Å². The Kier molecular flexibility index (Phi) is 5.34. The number of aliphatic carboxylic acids is 1. The number of amides is 1. The minimum Gasteiger partial charge on any atom is -0.481 e. The van der Waals surface area contributed by atoms with Crippen LogP contribution in [0.5, 0.6) is 0 Å². The number of nitro benzene ring substituents is 1. The molecule has 0 aliphatic heterocycles. The van der Waals surface area contributed by atoms with Gasteiger partial charge < -0.3 is 10.0 Å². The van der Waals surface area contributed by atoms with Crippen LogP contribution < -0.4 is 0 Å². The maximum atomic E-state index is 14.0. The van der Waals surface area contributed by atoms with E-state index in [4.69, 9.17) is 5.11 Å². The molecule has 0 saturated heterocycles. The van der Waals surface area contributed by atoms with E-state index in [-0.39, 0.29) is 30.8 Å². The molecule has 114 valence electrons. The topological polar surface area (TPSA) is 101 Å². The molecular weight excluding hydrogens is 283 g/mol. The van der Waals surface area contributed by atoms with Gasteiger partial charge in [-0.15, -0.1) is 0 Å². The third-order valence-corrected chi connectivity index (χ3v) is 2.95. The average Bonchev–Trinajstić information content (AvgIpc) is 2.41. The molecular formula is C13H15FN2O5. The molecule has 1 rings (SSSR count).